The molecule has 118 valence electrons. The smallest absolute Gasteiger partial charge is 0.0332 e. The summed E-state index contributed by atoms with van der Waals surface area (Å²) in [6.07, 6.45) is 7.62. The van der Waals surface area contributed by atoms with Crippen LogP contribution in [0.15, 0.2) is 30.3 Å². The quantitative estimate of drug-likeness (QED) is 0.816. The van der Waals surface area contributed by atoms with E-state index in [0.29, 0.717) is 0 Å². The lowest BCUT2D eigenvalue weighted by molar-refractivity contribution is 0.0550. The van der Waals surface area contributed by atoms with Crippen molar-refractivity contribution < 1.29 is 0 Å². The van der Waals surface area contributed by atoms with Crippen molar-refractivity contribution in [3.05, 3.63) is 35.9 Å². The van der Waals surface area contributed by atoms with E-state index in [0.717, 1.165) is 19.0 Å². The molecule has 0 aliphatic heterocycles. The van der Waals surface area contributed by atoms with Gasteiger partial charge in [-0.1, -0.05) is 50.6 Å². The molecule has 0 radical (unpaired) electrons. The molecule has 21 heavy (non-hydrogen) atoms. The van der Waals surface area contributed by atoms with E-state index in [4.69, 9.17) is 5.73 Å². The van der Waals surface area contributed by atoms with E-state index in [2.05, 4.69) is 49.1 Å². The summed E-state index contributed by atoms with van der Waals surface area (Å²) in [5.41, 5.74) is 8.00. The molecule has 2 rings (SSSR count). The second-order valence-electron chi connectivity index (χ2n) is 6.55. The van der Waals surface area contributed by atoms with E-state index in [9.17, 15) is 0 Å². The van der Waals surface area contributed by atoms with Crippen molar-refractivity contribution in [1.29, 1.82) is 0 Å². The summed E-state index contributed by atoms with van der Waals surface area (Å²) >= 11 is 0. The molecule has 2 heteroatoms. The highest BCUT2D eigenvalue weighted by atomic mass is 15.2. The predicted molar refractivity (Wildman–Crippen MR) is 91.6 cm³/mol. The van der Waals surface area contributed by atoms with Crippen LogP contribution < -0.4 is 5.73 Å². The minimum absolute atomic E-state index is 0.259. The van der Waals surface area contributed by atoms with Gasteiger partial charge in [-0.25, -0.2) is 0 Å². The van der Waals surface area contributed by atoms with Crippen molar-refractivity contribution in [2.45, 2.75) is 63.8 Å². The maximum atomic E-state index is 6.23. The highest BCUT2D eigenvalue weighted by Gasteiger charge is 2.38. The van der Waals surface area contributed by atoms with E-state index in [1.807, 2.05) is 0 Å². The fraction of sp³-hybridized carbons (Fsp3) is 0.684. The molecule has 0 spiro atoms. The first-order valence-corrected chi connectivity index (χ1v) is 8.76. The zero-order chi connectivity index (χ0) is 15.1. The van der Waals surface area contributed by atoms with Gasteiger partial charge in [-0.2, -0.15) is 0 Å². The van der Waals surface area contributed by atoms with Gasteiger partial charge in [0.25, 0.3) is 0 Å². The number of hydrogen-bond acceptors (Lipinski definition) is 2. The molecular formula is C19H32N2. The fourth-order valence-electron chi connectivity index (χ4n) is 3.94. The molecule has 1 aliphatic carbocycles. The number of likely N-dealkylation sites (N-methyl/N-ethyl adjacent to an activating group) is 1. The van der Waals surface area contributed by atoms with Crippen LogP contribution >= 0.6 is 0 Å². The summed E-state index contributed by atoms with van der Waals surface area (Å²) in [6.45, 7) is 7.71. The molecule has 0 amide bonds. The molecule has 0 bridgehead atoms. The zero-order valence-electron chi connectivity index (χ0n) is 13.9. The lowest BCUT2D eigenvalue weighted by Crippen LogP contribution is -2.55. The number of benzene rings is 1. The Labute approximate surface area is 130 Å². The van der Waals surface area contributed by atoms with Crippen LogP contribution in [0.3, 0.4) is 0 Å². The average molecular weight is 288 g/mol. The van der Waals surface area contributed by atoms with Crippen molar-refractivity contribution in [1.82, 2.24) is 4.90 Å². The molecule has 1 aromatic rings. The van der Waals surface area contributed by atoms with E-state index >= 15 is 0 Å². The Morgan fingerprint density at radius 3 is 2.33 bits per heavy atom. The van der Waals surface area contributed by atoms with Gasteiger partial charge in [-0.3, -0.25) is 4.90 Å². The Morgan fingerprint density at radius 2 is 1.81 bits per heavy atom. The maximum Gasteiger partial charge on any atom is 0.0332 e. The highest BCUT2D eigenvalue weighted by Crippen LogP contribution is 2.40. The lowest BCUT2D eigenvalue weighted by atomic mass is 9.73. The van der Waals surface area contributed by atoms with Gasteiger partial charge in [0.1, 0.15) is 0 Å². The summed E-state index contributed by atoms with van der Waals surface area (Å²) in [6, 6.07) is 11.0. The SMILES string of the molecule is CCCCN(CC)C1(CN)CCC(c2ccccc2)CC1. The summed E-state index contributed by atoms with van der Waals surface area (Å²) in [5, 5.41) is 0. The van der Waals surface area contributed by atoms with Gasteiger partial charge in [0.15, 0.2) is 0 Å². The van der Waals surface area contributed by atoms with Crippen LogP contribution in [0.5, 0.6) is 0 Å². The predicted octanol–water partition coefficient (Wildman–Crippen LogP) is 4.16. The van der Waals surface area contributed by atoms with E-state index < -0.39 is 0 Å². The van der Waals surface area contributed by atoms with Crippen LogP contribution in [0.2, 0.25) is 0 Å². The number of rotatable bonds is 7. The number of hydrogen-bond donors (Lipinski definition) is 1. The summed E-state index contributed by atoms with van der Waals surface area (Å²) < 4.78 is 0. The standard InChI is InChI=1S/C19H32N2/c1-3-5-15-21(4-2)19(16-20)13-11-18(12-14-19)17-9-7-6-8-10-17/h6-10,18H,3-5,11-16,20H2,1-2H3. The van der Waals surface area contributed by atoms with Crippen LogP contribution in [0.25, 0.3) is 0 Å². The lowest BCUT2D eigenvalue weighted by Gasteiger charge is -2.47. The third-order valence-corrected chi connectivity index (χ3v) is 5.40. The number of unbranched alkanes of at least 4 members (excludes halogenated alkanes) is 1. The molecular weight excluding hydrogens is 256 g/mol. The third kappa shape index (κ3) is 3.87. The minimum Gasteiger partial charge on any atom is -0.329 e. The maximum absolute atomic E-state index is 6.23. The van der Waals surface area contributed by atoms with Crippen LogP contribution in [-0.2, 0) is 0 Å². The molecule has 1 saturated carbocycles. The molecule has 2 nitrogen and oxygen atoms in total. The summed E-state index contributed by atoms with van der Waals surface area (Å²) in [7, 11) is 0. The van der Waals surface area contributed by atoms with Gasteiger partial charge in [0, 0.05) is 12.1 Å². The molecule has 1 aromatic carbocycles. The van der Waals surface area contributed by atoms with Crippen molar-refractivity contribution in [3.63, 3.8) is 0 Å². The first kappa shape index (κ1) is 16.5. The minimum atomic E-state index is 0.259. The van der Waals surface area contributed by atoms with E-state index in [-0.39, 0.29) is 5.54 Å². The molecule has 0 atom stereocenters. The monoisotopic (exact) mass is 288 g/mol. The number of nitrogens with zero attached hydrogens (tertiary/aromatic N) is 1. The van der Waals surface area contributed by atoms with Crippen LogP contribution in [0, 0.1) is 0 Å². The van der Waals surface area contributed by atoms with Gasteiger partial charge in [0.05, 0.1) is 0 Å². The summed E-state index contributed by atoms with van der Waals surface area (Å²) in [4.78, 5) is 2.66. The molecule has 1 aliphatic rings. The van der Waals surface area contributed by atoms with E-state index in [1.54, 1.807) is 0 Å². The third-order valence-electron chi connectivity index (χ3n) is 5.40. The van der Waals surface area contributed by atoms with Crippen LogP contribution in [-0.4, -0.2) is 30.1 Å². The van der Waals surface area contributed by atoms with Crippen molar-refractivity contribution >= 4 is 0 Å². The Bertz CT molecular complexity index is 393. The molecule has 0 aromatic heterocycles. The molecule has 0 heterocycles. The van der Waals surface area contributed by atoms with Gasteiger partial charge in [-0.15, -0.1) is 0 Å². The Hall–Kier alpha value is -0.860. The Kier molecular flexibility index (Phi) is 6.25. The summed E-state index contributed by atoms with van der Waals surface area (Å²) in [5.74, 6) is 0.732. The van der Waals surface area contributed by atoms with E-state index in [1.165, 1.54) is 50.6 Å². The Morgan fingerprint density at radius 1 is 1.14 bits per heavy atom. The highest BCUT2D eigenvalue weighted by molar-refractivity contribution is 5.20. The largest absolute Gasteiger partial charge is 0.329 e. The molecule has 0 unspecified atom stereocenters. The van der Waals surface area contributed by atoms with Crippen molar-refractivity contribution in [3.8, 4) is 0 Å². The van der Waals surface area contributed by atoms with Crippen LogP contribution in [0.4, 0.5) is 0 Å². The van der Waals surface area contributed by atoms with Crippen LogP contribution in [0.1, 0.15) is 63.9 Å². The average Bonchev–Trinajstić information content (AvgIpc) is 2.57. The van der Waals surface area contributed by atoms with Gasteiger partial charge in [0.2, 0.25) is 0 Å². The Balaban J connectivity index is 2.01. The first-order chi connectivity index (χ1) is 10.3. The second kappa shape index (κ2) is 7.95. The zero-order valence-corrected chi connectivity index (χ0v) is 13.9. The normalized spacial score (nSPS) is 26.2. The van der Waals surface area contributed by atoms with Crippen molar-refractivity contribution in [2.75, 3.05) is 19.6 Å². The number of nitrogens with two attached hydrogens (primary N) is 1. The van der Waals surface area contributed by atoms with Gasteiger partial charge >= 0.3 is 0 Å². The fourth-order valence-corrected chi connectivity index (χ4v) is 3.94. The molecule has 1 fully saturated rings. The topological polar surface area (TPSA) is 29.3 Å². The molecule has 2 N–H and O–H groups in total. The first-order valence-electron chi connectivity index (χ1n) is 8.76. The van der Waals surface area contributed by atoms with Crippen molar-refractivity contribution in [2.24, 2.45) is 5.73 Å². The van der Waals surface area contributed by atoms with Gasteiger partial charge < -0.3 is 5.73 Å². The molecule has 0 saturated heterocycles. The van der Waals surface area contributed by atoms with Gasteiger partial charge in [-0.05, 0) is 56.7 Å². The second-order valence-corrected chi connectivity index (χ2v) is 6.55.